The van der Waals surface area contributed by atoms with Crippen LogP contribution >= 0.6 is 0 Å². The summed E-state index contributed by atoms with van der Waals surface area (Å²) >= 11 is 0. The Morgan fingerprint density at radius 1 is 1.37 bits per heavy atom. The first-order valence-electron chi connectivity index (χ1n) is 6.42. The SMILES string of the molecule is C[C@H]1CN(C(=O)CN2C(=O)CNC2=O)C[C@@H]1N(C)C. The Kier molecular flexibility index (Phi) is 3.75. The van der Waals surface area contributed by atoms with Gasteiger partial charge >= 0.3 is 6.03 Å². The topological polar surface area (TPSA) is 73.0 Å². The number of carbonyl (C=O) groups is 3. The first kappa shape index (κ1) is 13.8. The summed E-state index contributed by atoms with van der Waals surface area (Å²) in [5.74, 6) is -0.113. The van der Waals surface area contributed by atoms with Crippen LogP contribution < -0.4 is 5.32 Å². The van der Waals surface area contributed by atoms with Gasteiger partial charge in [-0.3, -0.25) is 14.5 Å². The molecule has 0 aromatic rings. The number of rotatable bonds is 3. The molecule has 2 fully saturated rings. The van der Waals surface area contributed by atoms with Crippen molar-refractivity contribution in [3.05, 3.63) is 0 Å². The molecule has 4 amide bonds. The predicted octanol–water partition coefficient (Wildman–Crippen LogP) is -1.05. The van der Waals surface area contributed by atoms with E-state index in [-0.39, 0.29) is 24.9 Å². The van der Waals surface area contributed by atoms with Gasteiger partial charge in [0, 0.05) is 19.1 Å². The molecular formula is C12H20N4O3. The lowest BCUT2D eigenvalue weighted by molar-refractivity contribution is -0.135. The van der Waals surface area contributed by atoms with Crippen LogP contribution in [0.3, 0.4) is 0 Å². The number of imide groups is 1. The van der Waals surface area contributed by atoms with Crippen LogP contribution in [0.4, 0.5) is 4.79 Å². The molecule has 2 atom stereocenters. The van der Waals surface area contributed by atoms with Crippen molar-refractivity contribution in [3.8, 4) is 0 Å². The minimum atomic E-state index is -0.477. The van der Waals surface area contributed by atoms with E-state index in [1.165, 1.54) is 0 Å². The van der Waals surface area contributed by atoms with Gasteiger partial charge in [-0.05, 0) is 20.0 Å². The molecule has 2 aliphatic heterocycles. The molecule has 0 radical (unpaired) electrons. The van der Waals surface area contributed by atoms with Crippen molar-refractivity contribution in [2.75, 3.05) is 40.3 Å². The van der Waals surface area contributed by atoms with Crippen molar-refractivity contribution in [2.24, 2.45) is 5.92 Å². The number of nitrogens with one attached hydrogen (secondary N) is 1. The Morgan fingerprint density at radius 3 is 2.53 bits per heavy atom. The summed E-state index contributed by atoms with van der Waals surface area (Å²) in [6, 6.07) is -0.151. The smallest absolute Gasteiger partial charge is 0.325 e. The molecule has 1 N–H and O–H groups in total. The largest absolute Gasteiger partial charge is 0.339 e. The standard InChI is InChI=1S/C12H20N4O3/c1-8-5-15(6-9(8)14(2)3)11(18)7-16-10(17)4-13-12(16)19/h8-9H,4-7H2,1-3H3,(H,13,19)/t8-,9-/m0/s1. The maximum absolute atomic E-state index is 12.1. The van der Waals surface area contributed by atoms with Crippen LogP contribution in [-0.4, -0.2) is 78.9 Å². The second-order valence-corrected chi connectivity index (χ2v) is 5.45. The molecule has 7 heteroatoms. The normalized spacial score (nSPS) is 27.4. The number of hydrogen-bond acceptors (Lipinski definition) is 4. The number of amides is 4. The fourth-order valence-corrected chi connectivity index (χ4v) is 2.68. The molecule has 0 bridgehead atoms. The average Bonchev–Trinajstić information content (AvgIpc) is 2.86. The molecule has 7 nitrogen and oxygen atoms in total. The first-order valence-corrected chi connectivity index (χ1v) is 6.42. The highest BCUT2D eigenvalue weighted by Crippen LogP contribution is 2.20. The van der Waals surface area contributed by atoms with Crippen molar-refractivity contribution in [2.45, 2.75) is 13.0 Å². The van der Waals surface area contributed by atoms with Gasteiger partial charge in [0.05, 0.1) is 6.54 Å². The third-order valence-corrected chi connectivity index (χ3v) is 3.82. The summed E-state index contributed by atoms with van der Waals surface area (Å²) in [5, 5.41) is 2.41. The van der Waals surface area contributed by atoms with Crippen molar-refractivity contribution in [3.63, 3.8) is 0 Å². The van der Waals surface area contributed by atoms with E-state index in [9.17, 15) is 14.4 Å². The van der Waals surface area contributed by atoms with E-state index in [2.05, 4.69) is 17.1 Å². The van der Waals surface area contributed by atoms with Crippen molar-refractivity contribution in [1.82, 2.24) is 20.0 Å². The molecule has 0 aliphatic carbocycles. The van der Waals surface area contributed by atoms with E-state index in [4.69, 9.17) is 0 Å². The van der Waals surface area contributed by atoms with Crippen LogP contribution in [0.15, 0.2) is 0 Å². The van der Waals surface area contributed by atoms with Crippen LogP contribution in [-0.2, 0) is 9.59 Å². The van der Waals surface area contributed by atoms with Gasteiger partial charge in [0.25, 0.3) is 5.91 Å². The number of urea groups is 1. The number of nitrogens with zero attached hydrogens (tertiary/aromatic N) is 3. The number of carbonyl (C=O) groups excluding carboxylic acids is 3. The Balaban J connectivity index is 1.94. The second kappa shape index (κ2) is 5.16. The fourth-order valence-electron chi connectivity index (χ4n) is 2.68. The van der Waals surface area contributed by atoms with Gasteiger partial charge in [-0.25, -0.2) is 4.79 Å². The van der Waals surface area contributed by atoms with E-state index < -0.39 is 6.03 Å². The zero-order valence-corrected chi connectivity index (χ0v) is 11.5. The third kappa shape index (κ3) is 2.70. The third-order valence-electron chi connectivity index (χ3n) is 3.82. The lowest BCUT2D eigenvalue weighted by Crippen LogP contribution is -2.43. The van der Waals surface area contributed by atoms with Crippen molar-refractivity contribution in [1.29, 1.82) is 0 Å². The molecule has 2 rings (SSSR count). The van der Waals surface area contributed by atoms with Crippen LogP contribution in [0.25, 0.3) is 0 Å². The Morgan fingerprint density at radius 2 is 2.05 bits per heavy atom. The maximum Gasteiger partial charge on any atom is 0.325 e. The maximum atomic E-state index is 12.1. The minimum Gasteiger partial charge on any atom is -0.339 e. The van der Waals surface area contributed by atoms with Crippen LogP contribution in [0.1, 0.15) is 6.92 Å². The Labute approximate surface area is 112 Å². The van der Waals surface area contributed by atoms with E-state index in [1.807, 2.05) is 14.1 Å². The molecule has 0 spiro atoms. The summed E-state index contributed by atoms with van der Waals surface area (Å²) in [6.07, 6.45) is 0. The summed E-state index contributed by atoms with van der Waals surface area (Å²) in [7, 11) is 3.99. The van der Waals surface area contributed by atoms with E-state index in [0.717, 1.165) is 4.90 Å². The van der Waals surface area contributed by atoms with Gasteiger partial charge in [-0.1, -0.05) is 6.92 Å². The fraction of sp³-hybridized carbons (Fsp3) is 0.750. The van der Waals surface area contributed by atoms with E-state index in [1.54, 1.807) is 4.90 Å². The van der Waals surface area contributed by atoms with Crippen molar-refractivity contribution >= 4 is 17.8 Å². The van der Waals surface area contributed by atoms with Crippen LogP contribution in [0, 0.1) is 5.92 Å². The lowest BCUT2D eigenvalue weighted by atomic mass is 10.1. The van der Waals surface area contributed by atoms with Gasteiger partial charge in [0.15, 0.2) is 0 Å². The first-order chi connectivity index (χ1) is 8.90. The summed E-state index contributed by atoms with van der Waals surface area (Å²) in [6.45, 7) is 3.26. The van der Waals surface area contributed by atoms with Gasteiger partial charge in [0.1, 0.15) is 6.54 Å². The second-order valence-electron chi connectivity index (χ2n) is 5.45. The van der Waals surface area contributed by atoms with Crippen LogP contribution in [0.2, 0.25) is 0 Å². The van der Waals surface area contributed by atoms with Gasteiger partial charge in [0.2, 0.25) is 5.91 Å². The molecule has 19 heavy (non-hydrogen) atoms. The number of likely N-dealkylation sites (N-methyl/N-ethyl adjacent to an activating group) is 1. The minimum absolute atomic E-state index is 0.0111. The summed E-state index contributed by atoms with van der Waals surface area (Å²) < 4.78 is 0. The highest BCUT2D eigenvalue weighted by atomic mass is 16.2. The monoisotopic (exact) mass is 268 g/mol. The molecule has 2 aliphatic rings. The van der Waals surface area contributed by atoms with E-state index >= 15 is 0 Å². The molecule has 0 unspecified atom stereocenters. The Hall–Kier alpha value is -1.63. The van der Waals surface area contributed by atoms with E-state index in [0.29, 0.717) is 25.0 Å². The van der Waals surface area contributed by atoms with Gasteiger partial charge in [-0.2, -0.15) is 0 Å². The molecule has 0 aromatic heterocycles. The molecule has 0 saturated carbocycles. The van der Waals surface area contributed by atoms with Crippen LogP contribution in [0.5, 0.6) is 0 Å². The van der Waals surface area contributed by atoms with Gasteiger partial charge < -0.3 is 15.1 Å². The van der Waals surface area contributed by atoms with Gasteiger partial charge in [-0.15, -0.1) is 0 Å². The molecule has 2 saturated heterocycles. The van der Waals surface area contributed by atoms with Crippen molar-refractivity contribution < 1.29 is 14.4 Å². The average molecular weight is 268 g/mol. The number of likely N-dealkylation sites (tertiary alicyclic amines) is 1. The molecule has 0 aromatic carbocycles. The molecule has 2 heterocycles. The number of hydrogen-bond donors (Lipinski definition) is 1. The zero-order valence-electron chi connectivity index (χ0n) is 11.5. The highest BCUT2D eigenvalue weighted by Gasteiger charge is 2.36. The Bertz CT molecular complexity index is 394. The molecule has 106 valence electrons. The molecular weight excluding hydrogens is 248 g/mol. The quantitative estimate of drug-likeness (QED) is 0.663. The summed E-state index contributed by atoms with van der Waals surface area (Å²) in [5.41, 5.74) is 0. The predicted molar refractivity (Wildman–Crippen MR) is 68.3 cm³/mol. The highest BCUT2D eigenvalue weighted by molar-refractivity contribution is 6.04. The lowest BCUT2D eigenvalue weighted by Gasteiger charge is -2.23. The summed E-state index contributed by atoms with van der Waals surface area (Å²) in [4.78, 5) is 39.8. The zero-order chi connectivity index (χ0) is 14.2.